The highest BCUT2D eigenvalue weighted by molar-refractivity contribution is 5.85. The summed E-state index contributed by atoms with van der Waals surface area (Å²) < 4.78 is 30.1. The van der Waals surface area contributed by atoms with Crippen molar-refractivity contribution in [3.8, 4) is 5.75 Å². The zero-order chi connectivity index (χ0) is 15.1. The summed E-state index contributed by atoms with van der Waals surface area (Å²) in [5, 5.41) is 7.44. The Balaban J connectivity index is 1.93. The molecule has 1 heterocycles. The van der Waals surface area contributed by atoms with Gasteiger partial charge in [-0.3, -0.25) is 4.79 Å². The lowest BCUT2D eigenvalue weighted by Gasteiger charge is -2.06. The Morgan fingerprint density at radius 2 is 2.29 bits per heavy atom. The SMILES string of the molecule is O=C(Cn1cncn1)N/N=C/c1ccccc1OC(F)F. The molecule has 0 aliphatic rings. The van der Waals surface area contributed by atoms with E-state index in [4.69, 9.17) is 0 Å². The van der Waals surface area contributed by atoms with Gasteiger partial charge in [-0.15, -0.1) is 0 Å². The number of carbonyl (C=O) groups excluding carboxylic acids is 1. The number of carbonyl (C=O) groups is 1. The summed E-state index contributed by atoms with van der Waals surface area (Å²) in [6.45, 7) is -2.98. The number of nitrogens with zero attached hydrogens (tertiary/aromatic N) is 4. The smallest absolute Gasteiger partial charge is 0.387 e. The molecule has 7 nitrogen and oxygen atoms in total. The van der Waals surface area contributed by atoms with E-state index in [-0.39, 0.29) is 12.3 Å². The van der Waals surface area contributed by atoms with Crippen LogP contribution in [-0.2, 0) is 11.3 Å². The highest BCUT2D eigenvalue weighted by atomic mass is 19.3. The summed E-state index contributed by atoms with van der Waals surface area (Å²) in [5.74, 6) is -0.453. The van der Waals surface area contributed by atoms with Gasteiger partial charge in [0.05, 0.1) is 6.21 Å². The molecule has 0 aliphatic carbocycles. The van der Waals surface area contributed by atoms with E-state index in [9.17, 15) is 13.6 Å². The first-order valence-electron chi connectivity index (χ1n) is 5.83. The Morgan fingerprint density at radius 1 is 1.48 bits per heavy atom. The van der Waals surface area contributed by atoms with Crippen LogP contribution in [0.2, 0.25) is 0 Å². The Labute approximate surface area is 118 Å². The van der Waals surface area contributed by atoms with Crippen molar-refractivity contribution in [1.29, 1.82) is 0 Å². The number of nitrogens with one attached hydrogen (secondary N) is 1. The van der Waals surface area contributed by atoms with Crippen molar-refractivity contribution in [3.63, 3.8) is 0 Å². The van der Waals surface area contributed by atoms with Crippen LogP contribution < -0.4 is 10.2 Å². The molecular weight excluding hydrogens is 284 g/mol. The number of para-hydroxylation sites is 1. The van der Waals surface area contributed by atoms with E-state index in [0.717, 1.165) is 0 Å². The maximum atomic E-state index is 12.2. The number of hydrogen-bond donors (Lipinski definition) is 1. The van der Waals surface area contributed by atoms with E-state index in [1.807, 2.05) is 0 Å². The molecule has 0 spiro atoms. The monoisotopic (exact) mass is 295 g/mol. The van der Waals surface area contributed by atoms with Gasteiger partial charge in [-0.05, 0) is 12.1 Å². The number of amides is 1. The molecule has 1 amide bonds. The summed E-state index contributed by atoms with van der Waals surface area (Å²) in [6, 6.07) is 6.10. The van der Waals surface area contributed by atoms with Crippen molar-refractivity contribution in [2.24, 2.45) is 5.10 Å². The zero-order valence-electron chi connectivity index (χ0n) is 10.7. The molecule has 1 N–H and O–H groups in total. The van der Waals surface area contributed by atoms with Crippen LogP contribution in [0.4, 0.5) is 8.78 Å². The van der Waals surface area contributed by atoms with Crippen molar-refractivity contribution < 1.29 is 18.3 Å². The maximum Gasteiger partial charge on any atom is 0.387 e. The first kappa shape index (κ1) is 14.6. The first-order chi connectivity index (χ1) is 10.1. The second kappa shape index (κ2) is 7.08. The second-order valence-electron chi connectivity index (χ2n) is 3.80. The van der Waals surface area contributed by atoms with Crippen LogP contribution in [0, 0.1) is 0 Å². The van der Waals surface area contributed by atoms with Crippen molar-refractivity contribution in [3.05, 3.63) is 42.5 Å². The maximum absolute atomic E-state index is 12.2. The van der Waals surface area contributed by atoms with Crippen molar-refractivity contribution in [2.75, 3.05) is 0 Å². The molecule has 0 unspecified atom stereocenters. The molecule has 110 valence electrons. The van der Waals surface area contributed by atoms with Crippen LogP contribution in [0.15, 0.2) is 42.0 Å². The van der Waals surface area contributed by atoms with Gasteiger partial charge in [0.2, 0.25) is 0 Å². The Bertz CT molecular complexity index is 616. The highest BCUT2D eigenvalue weighted by Gasteiger charge is 2.07. The van der Waals surface area contributed by atoms with Crippen LogP contribution in [0.25, 0.3) is 0 Å². The van der Waals surface area contributed by atoms with E-state index in [1.54, 1.807) is 12.1 Å². The van der Waals surface area contributed by atoms with Crippen LogP contribution in [-0.4, -0.2) is 33.5 Å². The van der Waals surface area contributed by atoms with Gasteiger partial charge in [0.1, 0.15) is 24.9 Å². The number of hydrogen-bond acceptors (Lipinski definition) is 5. The third kappa shape index (κ3) is 4.64. The van der Waals surface area contributed by atoms with E-state index >= 15 is 0 Å². The topological polar surface area (TPSA) is 81.4 Å². The number of ether oxygens (including phenoxy) is 1. The Kier molecular flexibility index (Phi) is 4.91. The van der Waals surface area contributed by atoms with Gasteiger partial charge in [0.25, 0.3) is 5.91 Å². The molecule has 0 bridgehead atoms. The minimum absolute atomic E-state index is 0.0261. The molecule has 1 aromatic heterocycles. The fourth-order valence-corrected chi connectivity index (χ4v) is 1.46. The fourth-order valence-electron chi connectivity index (χ4n) is 1.46. The van der Waals surface area contributed by atoms with Crippen molar-refractivity contribution in [1.82, 2.24) is 20.2 Å². The van der Waals surface area contributed by atoms with Crippen molar-refractivity contribution in [2.45, 2.75) is 13.2 Å². The zero-order valence-corrected chi connectivity index (χ0v) is 10.7. The van der Waals surface area contributed by atoms with Crippen molar-refractivity contribution >= 4 is 12.1 Å². The number of benzene rings is 1. The number of halogens is 2. The van der Waals surface area contributed by atoms with E-state index in [1.165, 1.54) is 35.7 Å². The van der Waals surface area contributed by atoms with Gasteiger partial charge < -0.3 is 4.74 Å². The number of hydrazone groups is 1. The van der Waals surface area contributed by atoms with Crippen LogP contribution in [0.5, 0.6) is 5.75 Å². The summed E-state index contributed by atoms with van der Waals surface area (Å²) in [7, 11) is 0. The number of aromatic nitrogens is 3. The van der Waals surface area contributed by atoms with Gasteiger partial charge in [-0.25, -0.2) is 15.1 Å². The predicted octanol–water partition coefficient (Wildman–Crippen LogP) is 1.03. The molecule has 0 saturated carbocycles. The molecule has 0 aliphatic heterocycles. The summed E-state index contributed by atoms with van der Waals surface area (Å²) >= 11 is 0. The fraction of sp³-hybridized carbons (Fsp3) is 0.167. The lowest BCUT2D eigenvalue weighted by atomic mass is 10.2. The molecule has 1 aromatic carbocycles. The summed E-state index contributed by atoms with van der Waals surface area (Å²) in [6.07, 6.45) is 3.90. The van der Waals surface area contributed by atoms with Gasteiger partial charge in [0, 0.05) is 5.56 Å². The second-order valence-corrected chi connectivity index (χ2v) is 3.80. The summed E-state index contributed by atoms with van der Waals surface area (Å²) in [4.78, 5) is 15.2. The average molecular weight is 295 g/mol. The van der Waals surface area contributed by atoms with E-state index in [2.05, 4.69) is 25.3 Å². The molecule has 9 heteroatoms. The lowest BCUT2D eigenvalue weighted by Crippen LogP contribution is -2.23. The Hall–Kier alpha value is -2.84. The van der Waals surface area contributed by atoms with Gasteiger partial charge >= 0.3 is 6.61 Å². The number of rotatable bonds is 6. The minimum Gasteiger partial charge on any atom is -0.434 e. The van der Waals surface area contributed by atoms with Gasteiger partial charge in [-0.2, -0.15) is 19.0 Å². The predicted molar refractivity (Wildman–Crippen MR) is 68.8 cm³/mol. The molecule has 0 saturated heterocycles. The van der Waals surface area contributed by atoms with E-state index in [0.29, 0.717) is 5.56 Å². The third-order valence-electron chi connectivity index (χ3n) is 2.30. The Morgan fingerprint density at radius 3 is 3.00 bits per heavy atom. The first-order valence-corrected chi connectivity index (χ1v) is 5.83. The van der Waals surface area contributed by atoms with Crippen LogP contribution >= 0.6 is 0 Å². The standard InChI is InChI=1S/C12H11F2N5O2/c13-12(14)21-10-4-2-1-3-9(10)5-16-18-11(20)6-19-8-15-7-17-19/h1-5,7-8,12H,6H2,(H,18,20)/b16-5+. The quantitative estimate of drug-likeness (QED) is 0.637. The molecule has 0 radical (unpaired) electrons. The van der Waals surface area contributed by atoms with Gasteiger partial charge in [0.15, 0.2) is 0 Å². The summed E-state index contributed by atoms with van der Waals surface area (Å²) in [5.41, 5.74) is 2.57. The molecule has 2 aromatic rings. The van der Waals surface area contributed by atoms with Gasteiger partial charge in [-0.1, -0.05) is 12.1 Å². The lowest BCUT2D eigenvalue weighted by molar-refractivity contribution is -0.121. The molecule has 21 heavy (non-hydrogen) atoms. The van der Waals surface area contributed by atoms with E-state index < -0.39 is 12.5 Å². The minimum atomic E-state index is -2.93. The van der Waals surface area contributed by atoms with Crippen LogP contribution in [0.1, 0.15) is 5.56 Å². The molecular formula is C12H11F2N5O2. The molecule has 2 rings (SSSR count). The normalized spacial score (nSPS) is 11.0. The number of alkyl halides is 2. The third-order valence-corrected chi connectivity index (χ3v) is 2.30. The van der Waals surface area contributed by atoms with Crippen LogP contribution in [0.3, 0.4) is 0 Å². The molecule has 0 fully saturated rings. The average Bonchev–Trinajstić information content (AvgIpc) is 2.93. The highest BCUT2D eigenvalue weighted by Crippen LogP contribution is 2.18. The largest absolute Gasteiger partial charge is 0.434 e. The molecule has 0 atom stereocenters.